The van der Waals surface area contributed by atoms with Gasteiger partial charge in [-0.25, -0.2) is 4.79 Å². The lowest BCUT2D eigenvalue weighted by atomic mass is 10.1. The van der Waals surface area contributed by atoms with Crippen LogP contribution < -0.4 is 16.4 Å². The number of benzene rings is 1. The molecular formula is C15H21N3O4. The van der Waals surface area contributed by atoms with Crippen LogP contribution in [0.3, 0.4) is 0 Å². The van der Waals surface area contributed by atoms with Gasteiger partial charge in [0.2, 0.25) is 11.8 Å². The monoisotopic (exact) mass is 307 g/mol. The molecule has 1 aromatic carbocycles. The van der Waals surface area contributed by atoms with Crippen molar-refractivity contribution in [2.45, 2.75) is 32.4 Å². The van der Waals surface area contributed by atoms with Gasteiger partial charge < -0.3 is 21.1 Å². The highest BCUT2D eigenvalue weighted by molar-refractivity contribution is 5.88. The van der Waals surface area contributed by atoms with E-state index in [0.29, 0.717) is 12.8 Å². The first-order valence-corrected chi connectivity index (χ1v) is 7.06. The third-order valence-electron chi connectivity index (χ3n) is 2.84. The second-order valence-corrected chi connectivity index (χ2v) is 4.73. The minimum Gasteiger partial charge on any atom is -0.445 e. The normalized spacial score (nSPS) is 11.3. The number of hydrogen-bond acceptors (Lipinski definition) is 4. The summed E-state index contributed by atoms with van der Waals surface area (Å²) in [4.78, 5) is 34.3. The number of nitrogens with one attached hydrogen (secondary N) is 2. The molecule has 7 nitrogen and oxygen atoms in total. The molecule has 1 atom stereocenters. The summed E-state index contributed by atoms with van der Waals surface area (Å²) in [5.41, 5.74) is 5.81. The Kier molecular flexibility index (Phi) is 7.45. The summed E-state index contributed by atoms with van der Waals surface area (Å²) in [6, 6.07) is 8.45. The molecule has 0 heterocycles. The van der Waals surface area contributed by atoms with Crippen molar-refractivity contribution < 1.29 is 19.1 Å². The van der Waals surface area contributed by atoms with Gasteiger partial charge in [-0.3, -0.25) is 9.59 Å². The van der Waals surface area contributed by atoms with Crippen LogP contribution >= 0.6 is 0 Å². The lowest BCUT2D eigenvalue weighted by Gasteiger charge is -2.17. The number of carbonyl (C=O) groups excluding carboxylic acids is 3. The van der Waals surface area contributed by atoms with Gasteiger partial charge in [-0.2, -0.15) is 0 Å². The van der Waals surface area contributed by atoms with E-state index in [1.165, 1.54) is 0 Å². The highest BCUT2D eigenvalue weighted by atomic mass is 16.5. The molecule has 0 aliphatic heterocycles. The predicted molar refractivity (Wildman–Crippen MR) is 80.7 cm³/mol. The second kappa shape index (κ2) is 9.38. The molecular weight excluding hydrogens is 286 g/mol. The van der Waals surface area contributed by atoms with Gasteiger partial charge in [0.05, 0.1) is 6.54 Å². The molecule has 0 bridgehead atoms. The first-order valence-electron chi connectivity index (χ1n) is 7.06. The van der Waals surface area contributed by atoms with Crippen molar-refractivity contribution in [3.8, 4) is 0 Å². The molecule has 22 heavy (non-hydrogen) atoms. The van der Waals surface area contributed by atoms with Crippen LogP contribution in [0.4, 0.5) is 4.79 Å². The van der Waals surface area contributed by atoms with Gasteiger partial charge in [-0.1, -0.05) is 43.7 Å². The Balaban J connectivity index is 2.45. The Morgan fingerprint density at radius 2 is 1.91 bits per heavy atom. The van der Waals surface area contributed by atoms with Crippen LogP contribution in [-0.2, 0) is 20.9 Å². The zero-order chi connectivity index (χ0) is 16.4. The molecule has 0 aromatic heterocycles. The predicted octanol–water partition coefficient (Wildman–Crippen LogP) is 0.683. The molecule has 1 aromatic rings. The topological polar surface area (TPSA) is 111 Å². The highest BCUT2D eigenvalue weighted by Gasteiger charge is 2.20. The number of carbonyl (C=O) groups is 3. The van der Waals surface area contributed by atoms with Crippen molar-refractivity contribution in [3.63, 3.8) is 0 Å². The lowest BCUT2D eigenvalue weighted by molar-refractivity contribution is -0.126. The summed E-state index contributed by atoms with van der Waals surface area (Å²) >= 11 is 0. The number of hydrogen-bond donors (Lipinski definition) is 3. The third kappa shape index (κ3) is 6.74. The summed E-state index contributed by atoms with van der Waals surface area (Å²) in [5, 5.41) is 4.85. The fourth-order valence-corrected chi connectivity index (χ4v) is 1.76. The molecule has 120 valence electrons. The van der Waals surface area contributed by atoms with Crippen LogP contribution in [0.15, 0.2) is 30.3 Å². The number of alkyl carbamates (subject to hydrolysis) is 1. The maximum absolute atomic E-state index is 11.9. The van der Waals surface area contributed by atoms with E-state index in [2.05, 4.69) is 10.6 Å². The fourth-order valence-electron chi connectivity index (χ4n) is 1.76. The number of nitrogens with two attached hydrogens (primary N) is 1. The molecule has 0 aliphatic rings. The lowest BCUT2D eigenvalue weighted by Crippen LogP contribution is -2.48. The van der Waals surface area contributed by atoms with Gasteiger partial charge in [0.1, 0.15) is 12.6 Å². The van der Waals surface area contributed by atoms with E-state index >= 15 is 0 Å². The highest BCUT2D eigenvalue weighted by Crippen LogP contribution is 2.02. The number of primary amides is 1. The zero-order valence-corrected chi connectivity index (χ0v) is 12.5. The molecule has 7 heteroatoms. The summed E-state index contributed by atoms with van der Waals surface area (Å²) < 4.78 is 5.06. The SMILES string of the molecule is CCC[C@H](NC(=O)OCc1ccccc1)C(=O)NCC(N)=O. The summed E-state index contributed by atoms with van der Waals surface area (Å²) in [5.74, 6) is -1.10. The first kappa shape index (κ1) is 17.5. The van der Waals surface area contributed by atoms with Gasteiger partial charge in [-0.05, 0) is 12.0 Å². The van der Waals surface area contributed by atoms with E-state index in [-0.39, 0.29) is 13.2 Å². The molecule has 1 rings (SSSR count). The smallest absolute Gasteiger partial charge is 0.408 e. The Labute approximate surface area is 129 Å². The van der Waals surface area contributed by atoms with Crippen molar-refractivity contribution in [1.82, 2.24) is 10.6 Å². The molecule has 0 saturated carbocycles. The Morgan fingerprint density at radius 1 is 1.23 bits per heavy atom. The molecule has 4 N–H and O–H groups in total. The maximum Gasteiger partial charge on any atom is 0.408 e. The van der Waals surface area contributed by atoms with Crippen LogP contribution in [-0.4, -0.2) is 30.5 Å². The number of rotatable bonds is 8. The van der Waals surface area contributed by atoms with Gasteiger partial charge in [0.15, 0.2) is 0 Å². The molecule has 0 saturated heterocycles. The van der Waals surface area contributed by atoms with Crippen molar-refractivity contribution in [1.29, 1.82) is 0 Å². The second-order valence-electron chi connectivity index (χ2n) is 4.73. The van der Waals surface area contributed by atoms with E-state index in [1.54, 1.807) is 0 Å². The Bertz CT molecular complexity index is 505. The summed E-state index contributed by atoms with van der Waals surface area (Å²) in [7, 11) is 0. The zero-order valence-electron chi connectivity index (χ0n) is 12.5. The van der Waals surface area contributed by atoms with Crippen molar-refractivity contribution in [2.75, 3.05) is 6.54 Å². The summed E-state index contributed by atoms with van der Waals surface area (Å²) in [6.07, 6.45) is 0.440. The van der Waals surface area contributed by atoms with Crippen molar-refractivity contribution in [3.05, 3.63) is 35.9 Å². The van der Waals surface area contributed by atoms with Crippen LogP contribution in [0, 0.1) is 0 Å². The minimum atomic E-state index is -0.757. The Morgan fingerprint density at radius 3 is 2.50 bits per heavy atom. The van der Waals surface area contributed by atoms with E-state index < -0.39 is 23.9 Å². The van der Waals surface area contributed by atoms with Gasteiger partial charge in [0, 0.05) is 0 Å². The average molecular weight is 307 g/mol. The van der Waals surface area contributed by atoms with Gasteiger partial charge >= 0.3 is 6.09 Å². The van der Waals surface area contributed by atoms with Gasteiger partial charge in [0.25, 0.3) is 0 Å². The van der Waals surface area contributed by atoms with Crippen molar-refractivity contribution in [2.24, 2.45) is 5.73 Å². The molecule has 0 aliphatic carbocycles. The number of amides is 3. The van der Waals surface area contributed by atoms with Gasteiger partial charge in [-0.15, -0.1) is 0 Å². The van der Waals surface area contributed by atoms with Crippen LogP contribution in [0.2, 0.25) is 0 Å². The van der Waals surface area contributed by atoms with E-state index in [9.17, 15) is 14.4 Å². The maximum atomic E-state index is 11.9. The quantitative estimate of drug-likeness (QED) is 0.656. The van der Waals surface area contributed by atoms with Crippen LogP contribution in [0.25, 0.3) is 0 Å². The van der Waals surface area contributed by atoms with Crippen LogP contribution in [0.1, 0.15) is 25.3 Å². The van der Waals surface area contributed by atoms with E-state index in [4.69, 9.17) is 10.5 Å². The molecule has 0 fully saturated rings. The van der Waals surface area contributed by atoms with E-state index in [0.717, 1.165) is 5.56 Å². The first-order chi connectivity index (χ1) is 10.5. The minimum absolute atomic E-state index is 0.119. The fraction of sp³-hybridized carbons (Fsp3) is 0.400. The molecule has 0 unspecified atom stereocenters. The van der Waals surface area contributed by atoms with E-state index in [1.807, 2.05) is 37.3 Å². The largest absolute Gasteiger partial charge is 0.445 e. The average Bonchev–Trinajstić information content (AvgIpc) is 2.51. The van der Waals surface area contributed by atoms with Crippen molar-refractivity contribution >= 4 is 17.9 Å². The number of ether oxygens (including phenoxy) is 1. The summed E-state index contributed by atoms with van der Waals surface area (Å²) in [6.45, 7) is 1.74. The Hall–Kier alpha value is -2.57. The third-order valence-corrected chi connectivity index (χ3v) is 2.84. The standard InChI is InChI=1S/C15H21N3O4/c1-2-6-12(14(20)17-9-13(16)19)18-15(21)22-10-11-7-4-3-5-8-11/h3-5,7-8,12H,2,6,9-10H2,1H3,(H2,16,19)(H,17,20)(H,18,21)/t12-/m0/s1. The molecule has 0 spiro atoms. The molecule has 3 amide bonds. The van der Waals surface area contributed by atoms with Crippen LogP contribution in [0.5, 0.6) is 0 Å². The molecule has 0 radical (unpaired) electrons.